The van der Waals surface area contributed by atoms with Gasteiger partial charge in [0.25, 0.3) is 0 Å². The van der Waals surface area contributed by atoms with Crippen LogP contribution in [0.3, 0.4) is 0 Å². The Morgan fingerprint density at radius 3 is 3.00 bits per heavy atom. The molecule has 23 heavy (non-hydrogen) atoms. The van der Waals surface area contributed by atoms with Gasteiger partial charge in [-0.25, -0.2) is 4.98 Å². The summed E-state index contributed by atoms with van der Waals surface area (Å²) >= 11 is 1.63. The lowest BCUT2D eigenvalue weighted by molar-refractivity contribution is -0.132. The van der Waals surface area contributed by atoms with Crippen LogP contribution in [-0.4, -0.2) is 27.5 Å². The summed E-state index contributed by atoms with van der Waals surface area (Å²) in [5, 5.41) is 4.20. The van der Waals surface area contributed by atoms with Crippen molar-refractivity contribution in [1.29, 1.82) is 0 Å². The third-order valence-electron chi connectivity index (χ3n) is 4.44. The molecular formula is C17H23N3O2S. The molecule has 124 valence electrons. The summed E-state index contributed by atoms with van der Waals surface area (Å²) in [5.74, 6) is 1.41. The second kappa shape index (κ2) is 6.83. The predicted molar refractivity (Wildman–Crippen MR) is 89.5 cm³/mol. The van der Waals surface area contributed by atoms with Crippen LogP contribution in [-0.2, 0) is 11.2 Å². The molecule has 1 atom stereocenters. The molecule has 3 rings (SSSR count). The number of rotatable bonds is 5. The fourth-order valence-corrected chi connectivity index (χ4v) is 3.82. The van der Waals surface area contributed by atoms with E-state index >= 15 is 0 Å². The second-order valence-corrected chi connectivity index (χ2v) is 7.35. The van der Waals surface area contributed by atoms with E-state index in [1.165, 1.54) is 4.88 Å². The summed E-state index contributed by atoms with van der Waals surface area (Å²) in [7, 11) is 0. The average Bonchev–Trinajstić information content (AvgIpc) is 3.24. The van der Waals surface area contributed by atoms with Gasteiger partial charge in [-0.3, -0.25) is 4.79 Å². The van der Waals surface area contributed by atoms with Gasteiger partial charge in [0.1, 0.15) is 11.5 Å². The lowest BCUT2D eigenvalue weighted by atomic mass is 10.1. The molecule has 0 aromatic carbocycles. The SMILES string of the molecule is Cc1ncsc1CCC(=O)N1CCC[C@H]1c1cc(C(C)C)on1. The largest absolute Gasteiger partial charge is 0.361 e. The summed E-state index contributed by atoms with van der Waals surface area (Å²) < 4.78 is 5.41. The number of aromatic nitrogens is 2. The van der Waals surface area contributed by atoms with Gasteiger partial charge in [0.2, 0.25) is 5.91 Å². The normalized spacial score (nSPS) is 18.1. The van der Waals surface area contributed by atoms with Gasteiger partial charge in [0, 0.05) is 29.8 Å². The third kappa shape index (κ3) is 3.47. The van der Waals surface area contributed by atoms with Crippen LogP contribution in [0, 0.1) is 6.92 Å². The van der Waals surface area contributed by atoms with Crippen LogP contribution in [0.2, 0.25) is 0 Å². The standard InChI is InChI=1S/C17H23N3O2S/c1-11(2)15-9-13(19-22-15)14-5-4-8-20(14)17(21)7-6-16-12(3)18-10-23-16/h9-11,14H,4-8H2,1-3H3/t14-/m0/s1. The Bertz CT molecular complexity index is 677. The van der Waals surface area contributed by atoms with E-state index in [-0.39, 0.29) is 11.9 Å². The lowest BCUT2D eigenvalue weighted by Crippen LogP contribution is -2.30. The summed E-state index contributed by atoms with van der Waals surface area (Å²) in [4.78, 5) is 20.0. The molecule has 1 aliphatic rings. The van der Waals surface area contributed by atoms with Crippen molar-refractivity contribution >= 4 is 17.2 Å². The van der Waals surface area contributed by atoms with Gasteiger partial charge in [0.05, 0.1) is 17.2 Å². The van der Waals surface area contributed by atoms with E-state index in [2.05, 4.69) is 24.0 Å². The first-order valence-electron chi connectivity index (χ1n) is 8.21. The molecule has 0 N–H and O–H groups in total. The highest BCUT2D eigenvalue weighted by molar-refractivity contribution is 7.09. The number of hydrogen-bond donors (Lipinski definition) is 0. The molecule has 2 aromatic rings. The Morgan fingerprint density at radius 1 is 1.52 bits per heavy atom. The second-order valence-electron chi connectivity index (χ2n) is 6.41. The van der Waals surface area contributed by atoms with Gasteiger partial charge < -0.3 is 9.42 Å². The zero-order valence-corrected chi connectivity index (χ0v) is 14.7. The van der Waals surface area contributed by atoms with Gasteiger partial charge in [-0.05, 0) is 26.2 Å². The third-order valence-corrected chi connectivity index (χ3v) is 5.44. The van der Waals surface area contributed by atoms with Crippen LogP contribution in [0.25, 0.3) is 0 Å². The molecule has 0 bridgehead atoms. The predicted octanol–water partition coefficient (Wildman–Crippen LogP) is 3.86. The van der Waals surface area contributed by atoms with Gasteiger partial charge in [0.15, 0.2) is 0 Å². The smallest absolute Gasteiger partial charge is 0.223 e. The van der Waals surface area contributed by atoms with Crippen LogP contribution < -0.4 is 0 Å². The summed E-state index contributed by atoms with van der Waals surface area (Å²) in [6.07, 6.45) is 3.30. The van der Waals surface area contributed by atoms with Crippen molar-refractivity contribution < 1.29 is 9.32 Å². The molecule has 1 amide bonds. The average molecular weight is 333 g/mol. The first kappa shape index (κ1) is 16.2. The maximum absolute atomic E-state index is 12.6. The number of likely N-dealkylation sites (tertiary alicyclic amines) is 1. The highest BCUT2D eigenvalue weighted by atomic mass is 32.1. The molecule has 2 aromatic heterocycles. The van der Waals surface area contributed by atoms with E-state index in [1.54, 1.807) is 11.3 Å². The number of hydrogen-bond acceptors (Lipinski definition) is 5. The highest BCUT2D eigenvalue weighted by Crippen LogP contribution is 2.33. The summed E-state index contributed by atoms with van der Waals surface area (Å²) in [6.45, 7) is 6.98. The molecule has 0 radical (unpaired) electrons. The van der Waals surface area contributed by atoms with Crippen LogP contribution in [0.1, 0.15) is 67.1 Å². The lowest BCUT2D eigenvalue weighted by Gasteiger charge is -2.23. The van der Waals surface area contributed by atoms with E-state index in [0.717, 1.165) is 43.0 Å². The minimum absolute atomic E-state index is 0.0707. The topological polar surface area (TPSA) is 59.2 Å². The zero-order valence-electron chi connectivity index (χ0n) is 13.9. The van der Waals surface area contributed by atoms with Crippen molar-refractivity contribution in [2.24, 2.45) is 0 Å². The minimum Gasteiger partial charge on any atom is -0.361 e. The molecule has 1 aliphatic heterocycles. The molecule has 0 saturated carbocycles. The molecule has 1 saturated heterocycles. The van der Waals surface area contributed by atoms with Crippen molar-refractivity contribution in [1.82, 2.24) is 15.0 Å². The monoisotopic (exact) mass is 333 g/mol. The minimum atomic E-state index is 0.0707. The summed E-state index contributed by atoms with van der Waals surface area (Å²) in [5.41, 5.74) is 3.78. The van der Waals surface area contributed by atoms with Gasteiger partial charge in [-0.1, -0.05) is 19.0 Å². The fraction of sp³-hybridized carbons (Fsp3) is 0.588. The van der Waals surface area contributed by atoms with Gasteiger partial charge >= 0.3 is 0 Å². The first-order chi connectivity index (χ1) is 11.1. The van der Waals surface area contributed by atoms with Crippen LogP contribution in [0.4, 0.5) is 0 Å². The Labute approximate surface area is 140 Å². The molecule has 1 fully saturated rings. The Morgan fingerprint density at radius 2 is 2.35 bits per heavy atom. The van der Waals surface area contributed by atoms with Crippen LogP contribution in [0.5, 0.6) is 0 Å². The zero-order chi connectivity index (χ0) is 16.4. The number of carbonyl (C=O) groups is 1. The molecule has 0 spiro atoms. The number of amides is 1. The fourth-order valence-electron chi connectivity index (χ4n) is 3.04. The van der Waals surface area contributed by atoms with Crippen molar-refractivity contribution in [3.63, 3.8) is 0 Å². The van der Waals surface area contributed by atoms with Crippen LogP contribution in [0.15, 0.2) is 16.1 Å². The quantitative estimate of drug-likeness (QED) is 0.833. The van der Waals surface area contributed by atoms with Crippen molar-refractivity contribution in [3.05, 3.63) is 33.6 Å². The highest BCUT2D eigenvalue weighted by Gasteiger charge is 2.32. The maximum atomic E-state index is 12.6. The Hall–Kier alpha value is -1.69. The van der Waals surface area contributed by atoms with Crippen molar-refractivity contribution in [2.45, 2.75) is 58.4 Å². The first-order valence-corrected chi connectivity index (χ1v) is 9.09. The van der Waals surface area contributed by atoms with E-state index in [1.807, 2.05) is 23.4 Å². The van der Waals surface area contributed by atoms with E-state index in [4.69, 9.17) is 4.52 Å². The summed E-state index contributed by atoms with van der Waals surface area (Å²) in [6, 6.07) is 2.08. The Kier molecular flexibility index (Phi) is 4.80. The van der Waals surface area contributed by atoms with Crippen LogP contribution >= 0.6 is 11.3 Å². The van der Waals surface area contributed by atoms with Crippen molar-refractivity contribution in [3.8, 4) is 0 Å². The van der Waals surface area contributed by atoms with Gasteiger partial charge in [-0.2, -0.15) is 0 Å². The van der Waals surface area contributed by atoms with E-state index in [0.29, 0.717) is 12.3 Å². The Balaban J connectivity index is 1.65. The van der Waals surface area contributed by atoms with E-state index < -0.39 is 0 Å². The molecule has 6 heteroatoms. The van der Waals surface area contributed by atoms with E-state index in [9.17, 15) is 4.79 Å². The molecule has 3 heterocycles. The molecule has 0 unspecified atom stereocenters. The van der Waals surface area contributed by atoms with Crippen molar-refractivity contribution in [2.75, 3.05) is 6.54 Å². The number of nitrogens with zero attached hydrogens (tertiary/aromatic N) is 3. The number of thiazole rings is 1. The molecular weight excluding hydrogens is 310 g/mol. The van der Waals surface area contributed by atoms with Gasteiger partial charge in [-0.15, -0.1) is 11.3 Å². The number of aryl methyl sites for hydroxylation is 2. The maximum Gasteiger partial charge on any atom is 0.223 e. The molecule has 0 aliphatic carbocycles. The number of carbonyl (C=O) groups excluding carboxylic acids is 1. The molecule has 5 nitrogen and oxygen atoms in total.